The number of anilines is 2. The van der Waals surface area contributed by atoms with E-state index in [-0.39, 0.29) is 27.9 Å². The van der Waals surface area contributed by atoms with Gasteiger partial charge in [-0.15, -0.1) is 10.2 Å². The lowest BCUT2D eigenvalue weighted by Gasteiger charge is -2.12. The van der Waals surface area contributed by atoms with Crippen LogP contribution in [0.25, 0.3) is 10.8 Å². The van der Waals surface area contributed by atoms with E-state index in [2.05, 4.69) is 20.2 Å². The fourth-order valence-electron chi connectivity index (χ4n) is 3.23. The molecular weight excluding hydrogens is 472 g/mol. The lowest BCUT2D eigenvalue weighted by molar-refractivity contribution is -0.131. The summed E-state index contributed by atoms with van der Waals surface area (Å²) in [6.45, 7) is 1.25. The maximum atomic E-state index is 13.0. The summed E-state index contributed by atoms with van der Waals surface area (Å²) in [5.74, 6) is -0.682. The lowest BCUT2D eigenvalue weighted by Crippen LogP contribution is -2.16. The first kappa shape index (κ1) is 23.6. The van der Waals surface area contributed by atoms with Gasteiger partial charge in [-0.25, -0.2) is 8.42 Å². The molecule has 0 radical (unpaired) electrons. The number of methoxy groups -OCH3 is 1. The average Bonchev–Trinajstić information content (AvgIpc) is 2.84. The van der Waals surface area contributed by atoms with Crippen LogP contribution in [0.5, 0.6) is 11.6 Å². The van der Waals surface area contributed by atoms with Crippen molar-refractivity contribution in [2.75, 3.05) is 17.1 Å². The molecule has 4 rings (SSSR count). The van der Waals surface area contributed by atoms with Crippen LogP contribution in [-0.2, 0) is 14.8 Å². The second-order valence-electron chi connectivity index (χ2n) is 7.33. The maximum Gasteiger partial charge on any atom is 0.308 e. The predicted octanol–water partition coefficient (Wildman–Crippen LogP) is 3.62. The van der Waals surface area contributed by atoms with Gasteiger partial charge in [-0.1, -0.05) is 24.3 Å². The molecule has 0 fully saturated rings. The van der Waals surface area contributed by atoms with Crippen molar-refractivity contribution >= 4 is 44.2 Å². The SMILES string of the molecule is COc1ccc(NS(=O)(=O)c2ccc(NC(=O)c3cc4ccccc4cc3OC(C)=O)cc2)nn1. The van der Waals surface area contributed by atoms with Crippen LogP contribution in [-0.4, -0.2) is 37.6 Å². The Morgan fingerprint density at radius 1 is 0.886 bits per heavy atom. The molecule has 11 heteroatoms. The van der Waals surface area contributed by atoms with Gasteiger partial charge in [-0.2, -0.15) is 0 Å². The summed E-state index contributed by atoms with van der Waals surface area (Å²) >= 11 is 0. The number of fused-ring (bicyclic) bond motifs is 1. The monoisotopic (exact) mass is 492 g/mol. The third-order valence-corrected chi connectivity index (χ3v) is 6.23. The highest BCUT2D eigenvalue weighted by molar-refractivity contribution is 7.92. The first-order valence-electron chi connectivity index (χ1n) is 10.3. The molecule has 0 aliphatic rings. The zero-order valence-corrected chi connectivity index (χ0v) is 19.5. The minimum absolute atomic E-state index is 0.0254. The van der Waals surface area contributed by atoms with E-state index in [0.29, 0.717) is 5.69 Å². The summed E-state index contributed by atoms with van der Waals surface area (Å²) in [4.78, 5) is 24.5. The molecule has 0 saturated heterocycles. The van der Waals surface area contributed by atoms with Gasteiger partial charge in [-0.3, -0.25) is 14.3 Å². The number of esters is 1. The number of hydrogen-bond donors (Lipinski definition) is 2. The largest absolute Gasteiger partial charge is 0.480 e. The Morgan fingerprint density at radius 2 is 1.57 bits per heavy atom. The van der Waals surface area contributed by atoms with Gasteiger partial charge in [0.1, 0.15) is 5.75 Å². The summed E-state index contributed by atoms with van der Waals surface area (Å²) in [5, 5.41) is 11.8. The summed E-state index contributed by atoms with van der Waals surface area (Å²) in [5.41, 5.74) is 0.510. The van der Waals surface area contributed by atoms with Crippen molar-refractivity contribution in [1.29, 1.82) is 0 Å². The van der Waals surface area contributed by atoms with Crippen LogP contribution in [0.3, 0.4) is 0 Å². The van der Waals surface area contributed by atoms with Crippen LogP contribution in [0.15, 0.2) is 77.7 Å². The Hall–Kier alpha value is -4.51. The van der Waals surface area contributed by atoms with Gasteiger partial charge in [0.25, 0.3) is 15.9 Å². The molecule has 3 aromatic carbocycles. The molecule has 0 atom stereocenters. The average molecular weight is 493 g/mol. The van der Waals surface area contributed by atoms with Gasteiger partial charge in [0.05, 0.1) is 17.6 Å². The number of ether oxygens (including phenoxy) is 2. The van der Waals surface area contributed by atoms with Gasteiger partial charge in [0.2, 0.25) is 5.88 Å². The molecule has 2 N–H and O–H groups in total. The van der Waals surface area contributed by atoms with Crippen LogP contribution in [0.2, 0.25) is 0 Å². The van der Waals surface area contributed by atoms with Gasteiger partial charge in [-0.05, 0) is 53.2 Å². The number of carbonyl (C=O) groups excluding carboxylic acids is 2. The molecule has 4 aromatic rings. The Labute approximate surface area is 201 Å². The first-order valence-corrected chi connectivity index (χ1v) is 11.8. The van der Waals surface area contributed by atoms with Gasteiger partial charge >= 0.3 is 5.97 Å². The van der Waals surface area contributed by atoms with E-state index in [9.17, 15) is 18.0 Å². The van der Waals surface area contributed by atoms with E-state index in [1.165, 1.54) is 50.4 Å². The van der Waals surface area contributed by atoms with E-state index in [0.717, 1.165) is 10.8 Å². The van der Waals surface area contributed by atoms with Gasteiger partial charge in [0, 0.05) is 18.7 Å². The quantitative estimate of drug-likeness (QED) is 0.295. The second-order valence-corrected chi connectivity index (χ2v) is 9.02. The van der Waals surface area contributed by atoms with Gasteiger partial charge in [0.15, 0.2) is 5.82 Å². The van der Waals surface area contributed by atoms with E-state index in [4.69, 9.17) is 9.47 Å². The lowest BCUT2D eigenvalue weighted by atomic mass is 10.1. The highest BCUT2D eigenvalue weighted by Gasteiger charge is 2.18. The Kier molecular flexibility index (Phi) is 6.60. The molecule has 1 heterocycles. The van der Waals surface area contributed by atoms with E-state index in [1.807, 2.05) is 24.3 Å². The summed E-state index contributed by atoms with van der Waals surface area (Å²) < 4.78 is 37.7. The highest BCUT2D eigenvalue weighted by Crippen LogP contribution is 2.27. The summed E-state index contributed by atoms with van der Waals surface area (Å²) in [6, 6.07) is 19.0. The minimum Gasteiger partial charge on any atom is -0.480 e. The van der Waals surface area contributed by atoms with Crippen LogP contribution >= 0.6 is 0 Å². The molecule has 178 valence electrons. The third-order valence-electron chi connectivity index (χ3n) is 4.86. The summed E-state index contributed by atoms with van der Waals surface area (Å²) in [6.07, 6.45) is 0. The molecule has 0 unspecified atom stereocenters. The zero-order chi connectivity index (χ0) is 25.0. The molecular formula is C24H20N4O6S. The maximum absolute atomic E-state index is 13.0. The fraction of sp³-hybridized carbons (Fsp3) is 0.0833. The number of aromatic nitrogens is 2. The summed E-state index contributed by atoms with van der Waals surface area (Å²) in [7, 11) is -2.52. The first-order chi connectivity index (χ1) is 16.7. The normalized spacial score (nSPS) is 11.0. The van der Waals surface area contributed by atoms with Crippen LogP contribution in [0.1, 0.15) is 17.3 Å². The van der Waals surface area contributed by atoms with E-state index in [1.54, 1.807) is 12.1 Å². The van der Waals surface area contributed by atoms with E-state index < -0.39 is 21.9 Å². The topological polar surface area (TPSA) is 137 Å². The van der Waals surface area contributed by atoms with Crippen molar-refractivity contribution in [3.63, 3.8) is 0 Å². The number of nitrogens with one attached hydrogen (secondary N) is 2. The Bertz CT molecular complexity index is 1500. The highest BCUT2D eigenvalue weighted by atomic mass is 32.2. The smallest absolute Gasteiger partial charge is 0.308 e. The molecule has 0 saturated carbocycles. The van der Waals surface area contributed by atoms with Crippen molar-refractivity contribution in [3.05, 3.63) is 78.4 Å². The fourth-order valence-corrected chi connectivity index (χ4v) is 4.23. The van der Waals surface area contributed by atoms with E-state index >= 15 is 0 Å². The predicted molar refractivity (Wildman–Crippen MR) is 129 cm³/mol. The van der Waals surface area contributed by atoms with Crippen LogP contribution in [0.4, 0.5) is 11.5 Å². The Morgan fingerprint density at radius 3 is 2.17 bits per heavy atom. The van der Waals surface area contributed by atoms with Crippen molar-refractivity contribution in [2.45, 2.75) is 11.8 Å². The number of rotatable bonds is 7. The molecule has 0 aliphatic heterocycles. The van der Waals surface area contributed by atoms with Crippen molar-refractivity contribution in [3.8, 4) is 11.6 Å². The number of hydrogen-bond acceptors (Lipinski definition) is 8. The molecule has 0 aliphatic carbocycles. The number of amides is 1. The molecule has 0 bridgehead atoms. The van der Waals surface area contributed by atoms with Crippen LogP contribution < -0.4 is 19.5 Å². The third kappa shape index (κ3) is 5.53. The number of carbonyl (C=O) groups is 2. The van der Waals surface area contributed by atoms with Crippen molar-refractivity contribution in [2.24, 2.45) is 0 Å². The molecule has 10 nitrogen and oxygen atoms in total. The second kappa shape index (κ2) is 9.77. The standard InChI is InChI=1S/C24H20N4O6S/c1-15(29)34-21-14-17-6-4-3-5-16(17)13-20(21)24(30)25-18-7-9-19(10-8-18)35(31,32)28-22-11-12-23(33-2)27-26-22/h3-14H,1-2H3,(H,25,30)(H,26,28). The minimum atomic E-state index is -3.94. The number of benzene rings is 3. The molecule has 0 spiro atoms. The molecule has 1 amide bonds. The van der Waals surface area contributed by atoms with Crippen molar-refractivity contribution < 1.29 is 27.5 Å². The molecule has 1 aromatic heterocycles. The Balaban J connectivity index is 1.53. The van der Waals surface area contributed by atoms with Crippen molar-refractivity contribution in [1.82, 2.24) is 10.2 Å². The molecule has 35 heavy (non-hydrogen) atoms. The van der Waals surface area contributed by atoms with Gasteiger partial charge < -0.3 is 14.8 Å². The number of nitrogens with zero attached hydrogens (tertiary/aromatic N) is 2. The zero-order valence-electron chi connectivity index (χ0n) is 18.7. The number of sulfonamides is 1. The van der Waals surface area contributed by atoms with Crippen LogP contribution in [0, 0.1) is 0 Å².